The van der Waals surface area contributed by atoms with E-state index in [0.29, 0.717) is 5.92 Å². The topological polar surface area (TPSA) is 35.0 Å². The van der Waals surface area contributed by atoms with Crippen LogP contribution in [-0.2, 0) is 0 Å². The molecule has 0 amide bonds. The van der Waals surface area contributed by atoms with Gasteiger partial charge in [-0.2, -0.15) is 0 Å². The smallest absolute Gasteiger partial charge is 0.406 e. The molecule has 2 aromatic heterocycles. The van der Waals surface area contributed by atoms with Crippen molar-refractivity contribution in [3.05, 3.63) is 53.7 Å². The fourth-order valence-electron chi connectivity index (χ4n) is 2.69. The minimum atomic E-state index is -4.69. The fraction of sp³-hybridized carbons (Fsp3) is 0.222. The number of hydrogen-bond donors (Lipinski definition) is 0. The molecule has 3 aromatic rings. The van der Waals surface area contributed by atoms with E-state index in [1.807, 2.05) is 17.6 Å². The van der Waals surface area contributed by atoms with Gasteiger partial charge in [-0.3, -0.25) is 4.98 Å². The van der Waals surface area contributed by atoms with Gasteiger partial charge in [0.1, 0.15) is 10.8 Å². The first-order valence-corrected chi connectivity index (χ1v) is 8.63. The average molecular weight is 362 g/mol. The lowest BCUT2D eigenvalue weighted by Crippen LogP contribution is -2.16. The van der Waals surface area contributed by atoms with Crippen molar-refractivity contribution in [2.75, 3.05) is 0 Å². The van der Waals surface area contributed by atoms with Crippen LogP contribution in [0.25, 0.3) is 21.8 Å². The van der Waals surface area contributed by atoms with Crippen molar-refractivity contribution in [1.82, 2.24) is 9.97 Å². The summed E-state index contributed by atoms with van der Waals surface area (Å²) in [4.78, 5) is 8.84. The Labute approximate surface area is 146 Å². The highest BCUT2D eigenvalue weighted by Crippen LogP contribution is 2.44. The number of nitrogens with zero attached hydrogens (tertiary/aromatic N) is 2. The molecule has 0 bridgehead atoms. The van der Waals surface area contributed by atoms with E-state index in [0.717, 1.165) is 21.8 Å². The summed E-state index contributed by atoms with van der Waals surface area (Å²) in [6.07, 6.45) is 1.32. The Bertz CT molecular complexity index is 886. The molecule has 0 unspecified atom stereocenters. The van der Waals surface area contributed by atoms with Crippen LogP contribution in [0.1, 0.15) is 24.3 Å². The first kappa shape index (κ1) is 16.1. The predicted molar refractivity (Wildman–Crippen MR) is 89.4 cm³/mol. The van der Waals surface area contributed by atoms with Gasteiger partial charge in [-0.05, 0) is 54.7 Å². The lowest BCUT2D eigenvalue weighted by molar-refractivity contribution is -0.274. The van der Waals surface area contributed by atoms with Gasteiger partial charge in [-0.25, -0.2) is 4.98 Å². The standard InChI is InChI=1S/C18H13F3N2OS/c19-18(20,21)24-13-5-3-12(4-6-13)16-10-25-17(23-16)15-9-22-8-7-14(15)11-1-2-11/h3-11H,1-2H2. The SMILES string of the molecule is FC(F)(F)Oc1ccc(-c2csc(-c3cnccc3C3CC3)n2)cc1. The third-order valence-electron chi connectivity index (χ3n) is 3.99. The zero-order valence-electron chi connectivity index (χ0n) is 13.0. The van der Waals surface area contributed by atoms with Crippen molar-refractivity contribution >= 4 is 11.3 Å². The number of hydrogen-bond acceptors (Lipinski definition) is 4. The quantitative estimate of drug-likeness (QED) is 0.602. The highest BCUT2D eigenvalue weighted by molar-refractivity contribution is 7.13. The summed E-state index contributed by atoms with van der Waals surface area (Å²) in [5.41, 5.74) is 3.78. The van der Waals surface area contributed by atoms with Crippen LogP contribution in [0.4, 0.5) is 13.2 Å². The van der Waals surface area contributed by atoms with Gasteiger partial charge >= 0.3 is 6.36 Å². The van der Waals surface area contributed by atoms with Crippen LogP contribution in [-0.4, -0.2) is 16.3 Å². The van der Waals surface area contributed by atoms with E-state index in [1.54, 1.807) is 18.3 Å². The Balaban J connectivity index is 1.59. The highest BCUT2D eigenvalue weighted by Gasteiger charge is 2.31. The van der Waals surface area contributed by atoms with E-state index in [9.17, 15) is 13.2 Å². The number of pyridine rings is 1. The van der Waals surface area contributed by atoms with Gasteiger partial charge in [0, 0.05) is 28.9 Å². The molecule has 7 heteroatoms. The first-order valence-electron chi connectivity index (χ1n) is 7.75. The van der Waals surface area contributed by atoms with Gasteiger partial charge in [0.25, 0.3) is 0 Å². The number of alkyl halides is 3. The largest absolute Gasteiger partial charge is 0.573 e. The normalized spacial score (nSPS) is 14.5. The number of halogens is 3. The van der Waals surface area contributed by atoms with Gasteiger partial charge in [0.2, 0.25) is 0 Å². The number of thiazole rings is 1. The summed E-state index contributed by atoms with van der Waals surface area (Å²) in [5.74, 6) is 0.346. The van der Waals surface area contributed by atoms with Crippen LogP contribution in [0.3, 0.4) is 0 Å². The second-order valence-electron chi connectivity index (χ2n) is 5.85. The molecule has 4 rings (SSSR count). The third kappa shape index (κ3) is 3.66. The summed E-state index contributed by atoms with van der Waals surface area (Å²) in [5, 5.41) is 2.78. The molecule has 0 saturated heterocycles. The van der Waals surface area contributed by atoms with Gasteiger partial charge in [-0.1, -0.05) is 0 Å². The second kappa shape index (κ2) is 6.15. The van der Waals surface area contributed by atoms with Crippen LogP contribution in [0.5, 0.6) is 5.75 Å². The van der Waals surface area contributed by atoms with Crippen LogP contribution < -0.4 is 4.74 Å². The van der Waals surface area contributed by atoms with Gasteiger partial charge < -0.3 is 4.74 Å². The fourth-order valence-corrected chi connectivity index (χ4v) is 3.55. The Hall–Kier alpha value is -2.41. The molecule has 1 aliphatic rings. The molecule has 0 atom stereocenters. The van der Waals surface area contributed by atoms with Crippen molar-refractivity contribution in [3.8, 4) is 27.6 Å². The Morgan fingerprint density at radius 2 is 1.84 bits per heavy atom. The zero-order valence-corrected chi connectivity index (χ0v) is 13.8. The number of rotatable bonds is 4. The molecule has 2 heterocycles. The maximum atomic E-state index is 12.2. The van der Waals surface area contributed by atoms with Gasteiger partial charge in [0.15, 0.2) is 0 Å². The molecule has 0 spiro atoms. The minimum Gasteiger partial charge on any atom is -0.406 e. The second-order valence-corrected chi connectivity index (χ2v) is 6.71. The van der Waals surface area contributed by atoms with Crippen LogP contribution in [0.2, 0.25) is 0 Å². The van der Waals surface area contributed by atoms with Crippen molar-refractivity contribution in [3.63, 3.8) is 0 Å². The molecule has 1 aliphatic carbocycles. The average Bonchev–Trinajstić information content (AvgIpc) is 3.31. The maximum absolute atomic E-state index is 12.2. The van der Waals surface area contributed by atoms with Crippen LogP contribution in [0, 0.1) is 0 Å². The van der Waals surface area contributed by atoms with E-state index in [2.05, 4.69) is 14.7 Å². The van der Waals surface area contributed by atoms with E-state index < -0.39 is 6.36 Å². The summed E-state index contributed by atoms with van der Waals surface area (Å²) in [7, 11) is 0. The maximum Gasteiger partial charge on any atom is 0.573 e. The van der Waals surface area contributed by atoms with Crippen LogP contribution >= 0.6 is 11.3 Å². The molecule has 0 N–H and O–H groups in total. The van der Waals surface area contributed by atoms with Crippen LogP contribution in [0.15, 0.2) is 48.1 Å². The molecule has 128 valence electrons. The Morgan fingerprint density at radius 3 is 2.52 bits per heavy atom. The van der Waals surface area contributed by atoms with E-state index in [-0.39, 0.29) is 5.75 Å². The first-order chi connectivity index (χ1) is 12.0. The molecule has 3 nitrogen and oxygen atoms in total. The Kier molecular flexibility index (Phi) is 3.95. The van der Waals surface area contributed by atoms with Crippen molar-refractivity contribution in [2.24, 2.45) is 0 Å². The summed E-state index contributed by atoms with van der Waals surface area (Å²) in [6.45, 7) is 0. The van der Waals surface area contributed by atoms with E-state index in [1.165, 1.54) is 41.9 Å². The summed E-state index contributed by atoms with van der Waals surface area (Å²) in [6, 6.07) is 7.77. The molecule has 1 fully saturated rings. The Morgan fingerprint density at radius 1 is 1.08 bits per heavy atom. The molecule has 25 heavy (non-hydrogen) atoms. The van der Waals surface area contributed by atoms with E-state index in [4.69, 9.17) is 0 Å². The van der Waals surface area contributed by atoms with Gasteiger partial charge in [-0.15, -0.1) is 24.5 Å². The number of aromatic nitrogens is 2. The molecule has 0 aliphatic heterocycles. The molecule has 1 saturated carbocycles. The predicted octanol–water partition coefficient (Wildman–Crippen LogP) is 5.65. The number of benzene rings is 1. The highest BCUT2D eigenvalue weighted by atomic mass is 32.1. The van der Waals surface area contributed by atoms with E-state index >= 15 is 0 Å². The van der Waals surface area contributed by atoms with Crippen molar-refractivity contribution in [1.29, 1.82) is 0 Å². The minimum absolute atomic E-state index is 0.241. The number of ether oxygens (including phenoxy) is 1. The lowest BCUT2D eigenvalue weighted by atomic mass is 10.1. The lowest BCUT2D eigenvalue weighted by Gasteiger charge is -2.08. The molecular formula is C18H13F3N2OS. The van der Waals surface area contributed by atoms with Gasteiger partial charge in [0.05, 0.1) is 5.69 Å². The molecular weight excluding hydrogens is 349 g/mol. The summed E-state index contributed by atoms with van der Waals surface area (Å²) >= 11 is 1.51. The third-order valence-corrected chi connectivity index (χ3v) is 4.87. The zero-order chi connectivity index (χ0) is 17.4. The molecule has 0 radical (unpaired) electrons. The monoisotopic (exact) mass is 362 g/mol. The summed E-state index contributed by atoms with van der Waals surface area (Å²) < 4.78 is 40.6. The van der Waals surface area contributed by atoms with Crippen molar-refractivity contribution < 1.29 is 17.9 Å². The van der Waals surface area contributed by atoms with Crippen molar-refractivity contribution in [2.45, 2.75) is 25.1 Å². The molecule has 1 aromatic carbocycles.